The van der Waals surface area contributed by atoms with Gasteiger partial charge in [-0.1, -0.05) is 12.2 Å². The van der Waals surface area contributed by atoms with Crippen molar-refractivity contribution in [2.24, 2.45) is 11.5 Å². The molecule has 0 spiro atoms. The molecule has 0 saturated heterocycles. The Morgan fingerprint density at radius 2 is 1.25 bits per heavy atom. The van der Waals surface area contributed by atoms with Gasteiger partial charge in [0.05, 0.1) is 24.5 Å². The van der Waals surface area contributed by atoms with Crippen LogP contribution in [-0.2, 0) is 0 Å². The maximum absolute atomic E-state index is 10.5. The van der Waals surface area contributed by atoms with Gasteiger partial charge in [0.15, 0.2) is 0 Å². The molecule has 4 atom stereocenters. The first-order chi connectivity index (χ1) is 11.3. The molecule has 0 aromatic rings. The Balaban J connectivity index is 5.60. The lowest BCUT2D eigenvalue weighted by molar-refractivity contribution is -0.101. The minimum absolute atomic E-state index is 0.0675. The lowest BCUT2D eigenvalue weighted by Gasteiger charge is -2.43. The molecule has 0 aromatic heterocycles. The predicted molar refractivity (Wildman–Crippen MR) is 95.1 cm³/mol. The second-order valence-corrected chi connectivity index (χ2v) is 5.91. The average molecular weight is 346 g/mol. The molecule has 0 aliphatic carbocycles. The van der Waals surface area contributed by atoms with Crippen LogP contribution < -0.4 is 11.5 Å². The van der Waals surface area contributed by atoms with E-state index < -0.39 is 30.6 Å². The van der Waals surface area contributed by atoms with Gasteiger partial charge in [0.2, 0.25) is 0 Å². The van der Waals surface area contributed by atoms with E-state index in [0.717, 1.165) is 0 Å². The van der Waals surface area contributed by atoms with Gasteiger partial charge in [-0.15, -0.1) is 13.2 Å². The SMILES string of the molecule is C=CCN(CC(O)CN)C(C(O)C(C)O)N(CC=C)CC(O)CN. The van der Waals surface area contributed by atoms with E-state index >= 15 is 0 Å². The minimum Gasteiger partial charge on any atom is -0.391 e. The average Bonchev–Trinajstić information content (AvgIpc) is 2.54. The van der Waals surface area contributed by atoms with E-state index in [2.05, 4.69) is 13.2 Å². The topological polar surface area (TPSA) is 139 Å². The van der Waals surface area contributed by atoms with Gasteiger partial charge in [-0.25, -0.2) is 0 Å². The van der Waals surface area contributed by atoms with E-state index in [1.165, 1.54) is 6.92 Å². The van der Waals surface area contributed by atoms with Crippen LogP contribution >= 0.6 is 0 Å². The van der Waals surface area contributed by atoms with Gasteiger partial charge < -0.3 is 31.9 Å². The van der Waals surface area contributed by atoms with E-state index in [-0.39, 0.29) is 26.2 Å². The summed E-state index contributed by atoms with van der Waals surface area (Å²) in [7, 11) is 0. The highest BCUT2D eigenvalue weighted by Gasteiger charge is 2.34. The van der Waals surface area contributed by atoms with Crippen molar-refractivity contribution >= 4 is 0 Å². The maximum atomic E-state index is 10.5. The summed E-state index contributed by atoms with van der Waals surface area (Å²) in [6.45, 7) is 10.1. The van der Waals surface area contributed by atoms with E-state index in [1.54, 1.807) is 22.0 Å². The largest absolute Gasteiger partial charge is 0.391 e. The van der Waals surface area contributed by atoms with Crippen molar-refractivity contribution in [1.29, 1.82) is 0 Å². The van der Waals surface area contributed by atoms with Crippen LogP contribution in [0.2, 0.25) is 0 Å². The predicted octanol–water partition coefficient (Wildman–Crippen LogP) is -2.33. The first-order valence-corrected chi connectivity index (χ1v) is 8.14. The standard InChI is InChI=1S/C16H34N4O4/c1-4-6-19(10-13(22)8-17)16(15(24)12(3)21)20(7-5-2)11-14(23)9-18/h4-5,12-16,21-24H,1-2,6-11,17-18H2,3H3. The Morgan fingerprint density at radius 3 is 1.50 bits per heavy atom. The van der Waals surface area contributed by atoms with Crippen molar-refractivity contribution in [3.8, 4) is 0 Å². The van der Waals surface area contributed by atoms with Gasteiger partial charge >= 0.3 is 0 Å². The van der Waals surface area contributed by atoms with E-state index in [0.29, 0.717) is 13.1 Å². The highest BCUT2D eigenvalue weighted by Crippen LogP contribution is 2.16. The van der Waals surface area contributed by atoms with Gasteiger partial charge in [0.25, 0.3) is 0 Å². The second-order valence-electron chi connectivity index (χ2n) is 5.91. The van der Waals surface area contributed by atoms with E-state index in [4.69, 9.17) is 11.5 Å². The summed E-state index contributed by atoms with van der Waals surface area (Å²) in [4.78, 5) is 3.52. The summed E-state index contributed by atoms with van der Waals surface area (Å²) in [5, 5.41) is 40.2. The molecule has 0 fully saturated rings. The number of nitrogens with zero attached hydrogens (tertiary/aromatic N) is 2. The van der Waals surface area contributed by atoms with Crippen LogP contribution in [0.15, 0.2) is 25.3 Å². The Labute approximate surface area is 144 Å². The number of aliphatic hydroxyl groups is 4. The van der Waals surface area contributed by atoms with Crippen molar-refractivity contribution < 1.29 is 20.4 Å². The molecule has 0 rings (SSSR count). The lowest BCUT2D eigenvalue weighted by Crippen LogP contribution is -2.61. The molecule has 4 unspecified atom stereocenters. The number of aliphatic hydroxyl groups excluding tert-OH is 4. The van der Waals surface area contributed by atoms with Gasteiger partial charge in [0, 0.05) is 39.3 Å². The van der Waals surface area contributed by atoms with Crippen LogP contribution in [0, 0.1) is 0 Å². The molecular formula is C16H34N4O4. The molecule has 142 valence electrons. The van der Waals surface area contributed by atoms with Crippen molar-refractivity contribution in [2.75, 3.05) is 39.3 Å². The van der Waals surface area contributed by atoms with Crippen molar-refractivity contribution in [3.63, 3.8) is 0 Å². The zero-order chi connectivity index (χ0) is 18.7. The summed E-state index contributed by atoms with van der Waals surface area (Å²) < 4.78 is 0. The number of hydrogen-bond acceptors (Lipinski definition) is 8. The van der Waals surface area contributed by atoms with Gasteiger partial charge in [-0.05, 0) is 6.92 Å². The third-order valence-corrected chi connectivity index (χ3v) is 3.71. The second kappa shape index (κ2) is 12.5. The molecule has 0 bridgehead atoms. The van der Waals surface area contributed by atoms with Crippen LogP contribution in [0.5, 0.6) is 0 Å². The molecule has 8 N–H and O–H groups in total. The smallest absolute Gasteiger partial charge is 0.108 e. The van der Waals surface area contributed by atoms with Crippen LogP contribution in [0.3, 0.4) is 0 Å². The van der Waals surface area contributed by atoms with Gasteiger partial charge in [-0.2, -0.15) is 0 Å². The van der Waals surface area contributed by atoms with E-state index in [9.17, 15) is 20.4 Å². The lowest BCUT2D eigenvalue weighted by atomic mass is 10.1. The van der Waals surface area contributed by atoms with Crippen molar-refractivity contribution in [1.82, 2.24) is 9.80 Å². The van der Waals surface area contributed by atoms with Crippen molar-refractivity contribution in [3.05, 3.63) is 25.3 Å². The van der Waals surface area contributed by atoms with Gasteiger partial charge in [-0.3, -0.25) is 9.80 Å². The molecule has 0 aliphatic rings. The Kier molecular flexibility index (Phi) is 12.1. The first kappa shape index (κ1) is 23.2. The zero-order valence-corrected chi connectivity index (χ0v) is 14.5. The Hall–Kier alpha value is -0.840. The normalized spacial score (nSPS) is 18.2. The summed E-state index contributed by atoms with van der Waals surface area (Å²) in [6, 6.07) is 0. The molecule has 0 amide bonds. The first-order valence-electron chi connectivity index (χ1n) is 8.14. The van der Waals surface area contributed by atoms with Crippen LogP contribution in [-0.4, -0.2) is 100 Å². The number of rotatable bonds is 14. The maximum Gasteiger partial charge on any atom is 0.108 e. The summed E-state index contributed by atoms with van der Waals surface area (Å²) >= 11 is 0. The molecule has 0 saturated carbocycles. The zero-order valence-electron chi connectivity index (χ0n) is 14.5. The van der Waals surface area contributed by atoms with Gasteiger partial charge in [0.1, 0.15) is 6.10 Å². The Morgan fingerprint density at radius 1 is 0.875 bits per heavy atom. The van der Waals surface area contributed by atoms with Crippen LogP contribution in [0.4, 0.5) is 0 Å². The third-order valence-electron chi connectivity index (χ3n) is 3.71. The molecule has 8 nitrogen and oxygen atoms in total. The van der Waals surface area contributed by atoms with E-state index in [1.807, 2.05) is 0 Å². The fourth-order valence-corrected chi connectivity index (χ4v) is 2.52. The third kappa shape index (κ3) is 7.82. The quantitative estimate of drug-likeness (QED) is 0.152. The van der Waals surface area contributed by atoms with Crippen LogP contribution in [0.25, 0.3) is 0 Å². The summed E-state index contributed by atoms with van der Waals surface area (Å²) in [5.74, 6) is 0. The minimum atomic E-state index is -1.14. The fraction of sp³-hybridized carbons (Fsp3) is 0.750. The monoisotopic (exact) mass is 346 g/mol. The van der Waals surface area contributed by atoms with Crippen molar-refractivity contribution in [2.45, 2.75) is 37.5 Å². The molecule has 24 heavy (non-hydrogen) atoms. The highest BCUT2D eigenvalue weighted by molar-refractivity contribution is 4.91. The summed E-state index contributed by atoms with van der Waals surface area (Å²) in [6.07, 6.45) is -1.15. The number of nitrogens with two attached hydrogens (primary N) is 2. The number of hydrogen-bond donors (Lipinski definition) is 6. The molecule has 0 heterocycles. The molecular weight excluding hydrogens is 312 g/mol. The Bertz CT molecular complexity index is 331. The molecule has 0 aromatic carbocycles. The fourth-order valence-electron chi connectivity index (χ4n) is 2.52. The molecule has 0 radical (unpaired) electrons. The van der Waals surface area contributed by atoms with Crippen LogP contribution in [0.1, 0.15) is 6.92 Å². The molecule has 8 heteroatoms. The highest BCUT2D eigenvalue weighted by atomic mass is 16.3. The molecule has 0 aliphatic heterocycles. The summed E-state index contributed by atoms with van der Waals surface area (Å²) in [5.41, 5.74) is 11.0.